The van der Waals surface area contributed by atoms with Crippen molar-refractivity contribution >= 4 is 39.1 Å². The maximum atomic E-state index is 12.6. The second-order valence-electron chi connectivity index (χ2n) is 6.27. The number of halogens is 1. The van der Waals surface area contributed by atoms with Gasteiger partial charge >= 0.3 is 0 Å². The fourth-order valence-electron chi connectivity index (χ4n) is 3.22. The molecule has 2 aromatic rings. The highest BCUT2D eigenvalue weighted by Crippen LogP contribution is 2.28. The van der Waals surface area contributed by atoms with Gasteiger partial charge in [0.05, 0.1) is 0 Å². The van der Waals surface area contributed by atoms with Crippen molar-refractivity contribution < 1.29 is 17.6 Å². The molecule has 1 fully saturated rings. The summed E-state index contributed by atoms with van der Waals surface area (Å²) in [6.07, 6.45) is 2.29. The van der Waals surface area contributed by atoms with Crippen LogP contribution < -0.4 is 10.6 Å². The zero-order chi connectivity index (χ0) is 17.2. The predicted octanol–water partition coefficient (Wildman–Crippen LogP) is 1.68. The van der Waals surface area contributed by atoms with Gasteiger partial charge < -0.3 is 15.1 Å². The number of carbonyl (C=O) groups is 1. The zero-order valence-electron chi connectivity index (χ0n) is 14.1. The van der Waals surface area contributed by atoms with E-state index in [9.17, 15) is 13.2 Å². The lowest BCUT2D eigenvalue weighted by Crippen LogP contribution is -2.57. The molecule has 138 valence electrons. The number of carbonyl (C=O) groups excluding carboxylic acids is 1. The first-order valence-electron chi connectivity index (χ1n) is 8.08. The van der Waals surface area contributed by atoms with E-state index in [4.69, 9.17) is 4.42 Å². The number of sulfone groups is 1. The molecule has 1 aliphatic rings. The third kappa shape index (κ3) is 3.99. The van der Waals surface area contributed by atoms with Crippen LogP contribution in [0.25, 0.3) is 11.0 Å². The second kappa shape index (κ2) is 7.76. The Labute approximate surface area is 153 Å². The number of piperidine rings is 1. The van der Waals surface area contributed by atoms with Crippen LogP contribution >= 0.6 is 12.4 Å². The van der Waals surface area contributed by atoms with Gasteiger partial charge in [-0.05, 0) is 38.1 Å². The topological polar surface area (TPSA) is 88.4 Å². The molecule has 0 atom stereocenters. The average molecular weight is 387 g/mol. The highest BCUT2D eigenvalue weighted by atomic mass is 35.5. The normalized spacial score (nSPS) is 17.0. The van der Waals surface area contributed by atoms with Crippen LogP contribution in [0.3, 0.4) is 0 Å². The van der Waals surface area contributed by atoms with Crippen molar-refractivity contribution in [3.8, 4) is 0 Å². The molecule has 0 spiro atoms. The van der Waals surface area contributed by atoms with Gasteiger partial charge in [0, 0.05) is 24.6 Å². The van der Waals surface area contributed by atoms with Gasteiger partial charge in [-0.15, -0.1) is 12.4 Å². The van der Waals surface area contributed by atoms with Crippen molar-refractivity contribution in [1.82, 2.24) is 10.6 Å². The van der Waals surface area contributed by atoms with Gasteiger partial charge in [-0.2, -0.15) is 0 Å². The zero-order valence-corrected chi connectivity index (χ0v) is 15.7. The molecule has 1 amide bonds. The van der Waals surface area contributed by atoms with Crippen molar-refractivity contribution in [2.45, 2.75) is 24.0 Å². The van der Waals surface area contributed by atoms with Crippen molar-refractivity contribution in [3.63, 3.8) is 0 Å². The van der Waals surface area contributed by atoms with Crippen molar-refractivity contribution in [2.24, 2.45) is 0 Å². The highest BCUT2D eigenvalue weighted by molar-refractivity contribution is 7.92. The maximum Gasteiger partial charge on any atom is 0.241 e. The van der Waals surface area contributed by atoms with E-state index in [1.807, 2.05) is 30.3 Å². The van der Waals surface area contributed by atoms with E-state index in [1.54, 1.807) is 0 Å². The van der Waals surface area contributed by atoms with Gasteiger partial charge in [0.15, 0.2) is 14.6 Å². The molecule has 0 aliphatic carbocycles. The number of para-hydroxylation sites is 1. The summed E-state index contributed by atoms with van der Waals surface area (Å²) in [7, 11) is -3.48. The number of nitrogens with one attached hydrogen (secondary N) is 2. The molecule has 0 radical (unpaired) electrons. The van der Waals surface area contributed by atoms with Gasteiger partial charge in [0.2, 0.25) is 5.91 Å². The fraction of sp³-hybridized carbons (Fsp3) is 0.471. The third-order valence-electron chi connectivity index (χ3n) is 4.67. The summed E-state index contributed by atoms with van der Waals surface area (Å²) in [5, 5.41) is 6.91. The lowest BCUT2D eigenvalue weighted by molar-refractivity contribution is -0.124. The van der Waals surface area contributed by atoms with E-state index >= 15 is 0 Å². The first kappa shape index (κ1) is 19.8. The first-order chi connectivity index (χ1) is 11.4. The minimum atomic E-state index is -3.48. The molecule has 2 N–H and O–H groups in total. The number of hydrogen-bond acceptors (Lipinski definition) is 5. The van der Waals surface area contributed by atoms with E-state index in [-0.39, 0.29) is 12.4 Å². The Hall–Kier alpha value is -1.57. The Balaban J connectivity index is 0.00000225. The molecule has 1 aromatic carbocycles. The molecule has 0 bridgehead atoms. The van der Waals surface area contributed by atoms with Crippen LogP contribution in [0.5, 0.6) is 0 Å². The monoisotopic (exact) mass is 386 g/mol. The number of hydrogen-bond donors (Lipinski definition) is 2. The molecule has 0 saturated carbocycles. The predicted molar refractivity (Wildman–Crippen MR) is 99.9 cm³/mol. The van der Waals surface area contributed by atoms with Crippen LogP contribution in [0.15, 0.2) is 34.7 Å². The minimum absolute atomic E-state index is 0. The van der Waals surface area contributed by atoms with E-state index in [0.717, 1.165) is 23.0 Å². The summed E-state index contributed by atoms with van der Waals surface area (Å²) >= 11 is 0. The summed E-state index contributed by atoms with van der Waals surface area (Å²) < 4.78 is 28.8. The molecule has 8 heteroatoms. The molecule has 25 heavy (non-hydrogen) atoms. The number of fused-ring (bicyclic) bond motifs is 1. The van der Waals surface area contributed by atoms with Crippen LogP contribution in [0.2, 0.25) is 0 Å². The summed E-state index contributed by atoms with van der Waals surface area (Å²) in [5.74, 6) is 0.373. The van der Waals surface area contributed by atoms with E-state index < -0.39 is 20.5 Å². The average Bonchev–Trinajstić information content (AvgIpc) is 2.97. The Morgan fingerprint density at radius 2 is 1.96 bits per heavy atom. The Morgan fingerprint density at radius 3 is 2.60 bits per heavy atom. The Kier molecular flexibility index (Phi) is 6.13. The Morgan fingerprint density at radius 1 is 1.28 bits per heavy atom. The van der Waals surface area contributed by atoms with Gasteiger partial charge in [-0.1, -0.05) is 18.2 Å². The molecular weight excluding hydrogens is 364 g/mol. The molecule has 3 rings (SSSR count). The van der Waals surface area contributed by atoms with Crippen LogP contribution in [0.1, 0.15) is 18.6 Å². The van der Waals surface area contributed by atoms with Gasteiger partial charge in [0.1, 0.15) is 11.3 Å². The van der Waals surface area contributed by atoms with E-state index in [0.29, 0.717) is 38.9 Å². The molecular formula is C17H23ClN2O4S. The molecule has 6 nitrogen and oxygen atoms in total. The SMILES string of the molecule is CS(=O)(=O)C1(C(=O)NCCc2cc3ccccc3o2)CCNCC1.Cl. The molecule has 1 saturated heterocycles. The summed E-state index contributed by atoms with van der Waals surface area (Å²) in [6, 6.07) is 9.65. The number of amides is 1. The van der Waals surface area contributed by atoms with Crippen LogP contribution in [0, 0.1) is 0 Å². The van der Waals surface area contributed by atoms with Crippen molar-refractivity contribution in [2.75, 3.05) is 25.9 Å². The lowest BCUT2D eigenvalue weighted by atomic mass is 9.96. The van der Waals surface area contributed by atoms with Crippen molar-refractivity contribution in [1.29, 1.82) is 0 Å². The Bertz CT molecular complexity index is 808. The van der Waals surface area contributed by atoms with Gasteiger partial charge in [-0.25, -0.2) is 8.42 Å². The smallest absolute Gasteiger partial charge is 0.241 e. The molecule has 1 aliphatic heterocycles. The summed E-state index contributed by atoms with van der Waals surface area (Å²) in [6.45, 7) is 1.41. The third-order valence-corrected chi connectivity index (χ3v) is 6.68. The molecule has 1 aromatic heterocycles. The fourth-order valence-corrected chi connectivity index (χ4v) is 4.57. The van der Waals surface area contributed by atoms with Crippen LogP contribution in [-0.2, 0) is 21.1 Å². The summed E-state index contributed by atoms with van der Waals surface area (Å²) in [4.78, 5) is 12.6. The minimum Gasteiger partial charge on any atom is -0.461 e. The largest absolute Gasteiger partial charge is 0.461 e. The standard InChI is InChI=1S/C17H22N2O4S.ClH/c1-24(21,22)17(7-10-18-11-8-17)16(20)19-9-6-14-12-13-4-2-3-5-15(13)23-14;/h2-5,12,18H,6-11H2,1H3,(H,19,20);1H. The van der Waals surface area contributed by atoms with Gasteiger partial charge in [0.25, 0.3) is 0 Å². The molecule has 2 heterocycles. The van der Waals surface area contributed by atoms with Crippen molar-refractivity contribution in [3.05, 3.63) is 36.1 Å². The molecule has 0 unspecified atom stereocenters. The van der Waals surface area contributed by atoms with E-state index in [2.05, 4.69) is 10.6 Å². The van der Waals surface area contributed by atoms with Crippen LogP contribution in [0.4, 0.5) is 0 Å². The number of furan rings is 1. The quantitative estimate of drug-likeness (QED) is 0.816. The second-order valence-corrected chi connectivity index (χ2v) is 8.60. The van der Waals surface area contributed by atoms with Gasteiger partial charge in [-0.3, -0.25) is 4.79 Å². The van der Waals surface area contributed by atoms with Crippen LogP contribution in [-0.4, -0.2) is 45.0 Å². The number of rotatable bonds is 5. The summed E-state index contributed by atoms with van der Waals surface area (Å²) in [5.41, 5.74) is 0.810. The number of benzene rings is 1. The first-order valence-corrected chi connectivity index (χ1v) is 9.98. The maximum absolute atomic E-state index is 12.6. The highest BCUT2D eigenvalue weighted by Gasteiger charge is 2.48. The van der Waals surface area contributed by atoms with E-state index in [1.165, 1.54) is 0 Å². The lowest BCUT2D eigenvalue weighted by Gasteiger charge is -2.34.